The molecule has 2 heterocycles. The van der Waals surface area contributed by atoms with Gasteiger partial charge in [-0.25, -0.2) is 4.98 Å². The van der Waals surface area contributed by atoms with Crippen molar-refractivity contribution in [1.29, 1.82) is 0 Å². The zero-order valence-corrected chi connectivity index (χ0v) is 17.3. The van der Waals surface area contributed by atoms with Crippen molar-refractivity contribution in [3.8, 4) is 34.2 Å². The molecule has 2 aromatic carbocycles. The van der Waals surface area contributed by atoms with Gasteiger partial charge in [-0.1, -0.05) is 12.1 Å². The lowest BCUT2D eigenvalue weighted by Gasteiger charge is -2.14. The van der Waals surface area contributed by atoms with Gasteiger partial charge in [0.1, 0.15) is 17.0 Å². The first kappa shape index (κ1) is 21.2. The molecule has 0 fully saturated rings. The molecular weight excluding hydrogens is 420 g/mol. The van der Waals surface area contributed by atoms with Gasteiger partial charge in [-0.05, 0) is 55.0 Å². The monoisotopic (exact) mass is 439 g/mol. The number of rotatable bonds is 7. The highest BCUT2D eigenvalue weighted by molar-refractivity contribution is 5.80. The van der Waals surface area contributed by atoms with Crippen molar-refractivity contribution in [2.24, 2.45) is 0 Å². The maximum Gasteiger partial charge on any atom is 0.387 e. The molecule has 0 aliphatic rings. The van der Waals surface area contributed by atoms with E-state index in [1.165, 1.54) is 35.0 Å². The topological polar surface area (TPSA) is 75.5 Å². The second kappa shape index (κ2) is 9.01. The number of hydrogen-bond acceptors (Lipinski definition) is 6. The molecule has 0 aliphatic heterocycles. The number of benzene rings is 2. The lowest BCUT2D eigenvalue weighted by molar-refractivity contribution is -0.0498. The second-order valence-corrected chi connectivity index (χ2v) is 6.65. The van der Waals surface area contributed by atoms with E-state index in [0.717, 1.165) is 0 Å². The van der Waals surface area contributed by atoms with Gasteiger partial charge in [-0.15, -0.1) is 0 Å². The SMILES string of the molecule is CCOc1cnc2cc(-c3ccc(OC)cc3)c(=O)n(-c3ccc(OC(F)F)cc3)c2n1. The van der Waals surface area contributed by atoms with Crippen LogP contribution in [0.1, 0.15) is 6.92 Å². The van der Waals surface area contributed by atoms with E-state index in [-0.39, 0.29) is 22.8 Å². The first-order valence-corrected chi connectivity index (χ1v) is 9.75. The molecule has 0 aliphatic carbocycles. The molecular formula is C23H19F2N3O4. The summed E-state index contributed by atoms with van der Waals surface area (Å²) < 4.78 is 41.4. The van der Waals surface area contributed by atoms with Gasteiger partial charge < -0.3 is 14.2 Å². The van der Waals surface area contributed by atoms with Gasteiger partial charge >= 0.3 is 6.61 Å². The predicted octanol–water partition coefficient (Wildman–Crippen LogP) is 4.46. The second-order valence-electron chi connectivity index (χ2n) is 6.65. The molecule has 0 atom stereocenters. The Bertz CT molecular complexity index is 1290. The van der Waals surface area contributed by atoms with Crippen molar-refractivity contribution < 1.29 is 23.0 Å². The van der Waals surface area contributed by atoms with Crippen LogP contribution >= 0.6 is 0 Å². The Morgan fingerprint density at radius 1 is 1.03 bits per heavy atom. The highest BCUT2D eigenvalue weighted by Crippen LogP contribution is 2.25. The normalized spacial score (nSPS) is 11.0. The van der Waals surface area contributed by atoms with E-state index in [1.807, 2.05) is 6.92 Å². The van der Waals surface area contributed by atoms with E-state index in [4.69, 9.17) is 9.47 Å². The maximum absolute atomic E-state index is 13.5. The summed E-state index contributed by atoms with van der Waals surface area (Å²) >= 11 is 0. The number of aromatic nitrogens is 3. The average molecular weight is 439 g/mol. The van der Waals surface area contributed by atoms with Gasteiger partial charge in [0.25, 0.3) is 5.56 Å². The summed E-state index contributed by atoms with van der Waals surface area (Å²) in [5.74, 6) is 0.905. The van der Waals surface area contributed by atoms with E-state index in [2.05, 4.69) is 14.7 Å². The van der Waals surface area contributed by atoms with Gasteiger partial charge in [0, 0.05) is 5.56 Å². The third kappa shape index (κ3) is 4.22. The highest BCUT2D eigenvalue weighted by atomic mass is 19.3. The van der Waals surface area contributed by atoms with Crippen LogP contribution in [-0.4, -0.2) is 34.9 Å². The Morgan fingerprint density at radius 3 is 2.34 bits per heavy atom. The molecule has 7 nitrogen and oxygen atoms in total. The fourth-order valence-electron chi connectivity index (χ4n) is 3.27. The quantitative estimate of drug-likeness (QED) is 0.423. The van der Waals surface area contributed by atoms with Crippen molar-refractivity contribution in [2.45, 2.75) is 13.5 Å². The van der Waals surface area contributed by atoms with Crippen molar-refractivity contribution in [3.63, 3.8) is 0 Å². The van der Waals surface area contributed by atoms with Gasteiger partial charge in [0.15, 0.2) is 5.65 Å². The molecule has 9 heteroatoms. The fourth-order valence-corrected chi connectivity index (χ4v) is 3.27. The van der Waals surface area contributed by atoms with Crippen LogP contribution in [0.3, 0.4) is 0 Å². The zero-order valence-electron chi connectivity index (χ0n) is 17.3. The Morgan fingerprint density at radius 2 is 1.72 bits per heavy atom. The molecule has 164 valence electrons. The van der Waals surface area contributed by atoms with Crippen LogP contribution in [0.4, 0.5) is 8.78 Å². The van der Waals surface area contributed by atoms with E-state index in [9.17, 15) is 13.6 Å². The van der Waals surface area contributed by atoms with E-state index in [1.54, 1.807) is 37.4 Å². The van der Waals surface area contributed by atoms with Crippen LogP contribution in [0.25, 0.3) is 28.0 Å². The molecule has 0 spiro atoms. The molecule has 0 bridgehead atoms. The van der Waals surface area contributed by atoms with E-state index in [0.29, 0.717) is 34.7 Å². The van der Waals surface area contributed by atoms with Crippen LogP contribution in [-0.2, 0) is 0 Å². The van der Waals surface area contributed by atoms with E-state index < -0.39 is 6.61 Å². The van der Waals surface area contributed by atoms with Crippen molar-refractivity contribution in [2.75, 3.05) is 13.7 Å². The summed E-state index contributed by atoms with van der Waals surface area (Å²) in [4.78, 5) is 22.4. The molecule has 0 amide bonds. The highest BCUT2D eigenvalue weighted by Gasteiger charge is 2.16. The number of fused-ring (bicyclic) bond motifs is 1. The molecule has 0 radical (unpaired) electrons. The summed E-state index contributed by atoms with van der Waals surface area (Å²) in [6, 6.07) is 14.4. The zero-order chi connectivity index (χ0) is 22.7. The smallest absolute Gasteiger partial charge is 0.387 e. The van der Waals surface area contributed by atoms with Crippen molar-refractivity contribution in [1.82, 2.24) is 14.5 Å². The molecule has 32 heavy (non-hydrogen) atoms. The van der Waals surface area contributed by atoms with Gasteiger partial charge in [0.05, 0.1) is 25.6 Å². The van der Waals surface area contributed by atoms with E-state index >= 15 is 0 Å². The Kier molecular flexibility index (Phi) is 5.98. The lowest BCUT2D eigenvalue weighted by atomic mass is 10.1. The third-order valence-corrected chi connectivity index (χ3v) is 4.70. The molecule has 0 saturated heterocycles. The molecule has 4 aromatic rings. The van der Waals surface area contributed by atoms with Crippen molar-refractivity contribution >= 4 is 11.2 Å². The number of nitrogens with zero attached hydrogens (tertiary/aromatic N) is 3. The Hall–Kier alpha value is -4.01. The van der Waals surface area contributed by atoms with Gasteiger partial charge in [-0.2, -0.15) is 13.8 Å². The molecule has 4 rings (SSSR count). The van der Waals surface area contributed by atoms with Gasteiger partial charge in [0.2, 0.25) is 5.88 Å². The molecule has 2 aromatic heterocycles. The number of hydrogen-bond donors (Lipinski definition) is 0. The average Bonchev–Trinajstić information content (AvgIpc) is 2.79. The Balaban J connectivity index is 1.93. The number of pyridine rings is 1. The van der Waals surface area contributed by atoms with Crippen LogP contribution < -0.4 is 19.8 Å². The minimum absolute atomic E-state index is 0.0199. The van der Waals surface area contributed by atoms with Crippen LogP contribution in [0.5, 0.6) is 17.4 Å². The molecule has 0 unspecified atom stereocenters. The lowest BCUT2D eigenvalue weighted by Crippen LogP contribution is -2.22. The summed E-state index contributed by atoms with van der Waals surface area (Å²) in [5.41, 5.74) is 1.87. The summed E-state index contributed by atoms with van der Waals surface area (Å²) in [7, 11) is 1.56. The standard InChI is InChI=1S/C23H19F2N3O4/c1-3-31-20-13-26-19-12-18(14-4-8-16(30-2)9-5-14)22(29)28(21(19)27-20)15-6-10-17(11-7-15)32-23(24)25/h4-13,23H,3H2,1-2H3. The third-order valence-electron chi connectivity index (χ3n) is 4.70. The summed E-state index contributed by atoms with van der Waals surface area (Å²) in [6.45, 7) is -0.746. The molecule has 0 saturated carbocycles. The minimum atomic E-state index is -2.94. The fraction of sp³-hybridized carbons (Fsp3) is 0.174. The van der Waals surface area contributed by atoms with Crippen LogP contribution in [0, 0.1) is 0 Å². The summed E-state index contributed by atoms with van der Waals surface area (Å²) in [5, 5.41) is 0. The predicted molar refractivity (Wildman–Crippen MR) is 115 cm³/mol. The number of ether oxygens (including phenoxy) is 3. The number of halogens is 2. The minimum Gasteiger partial charge on any atom is -0.497 e. The first-order chi connectivity index (χ1) is 15.5. The van der Waals surface area contributed by atoms with Gasteiger partial charge in [-0.3, -0.25) is 9.36 Å². The largest absolute Gasteiger partial charge is 0.497 e. The van der Waals surface area contributed by atoms with Crippen molar-refractivity contribution in [3.05, 3.63) is 71.1 Å². The first-order valence-electron chi connectivity index (χ1n) is 9.75. The molecule has 0 N–H and O–H groups in total. The number of methoxy groups -OCH3 is 1. The van der Waals surface area contributed by atoms with Crippen LogP contribution in [0.15, 0.2) is 65.6 Å². The van der Waals surface area contributed by atoms with Crippen LogP contribution in [0.2, 0.25) is 0 Å². The Labute approximate surface area is 181 Å². The summed E-state index contributed by atoms with van der Waals surface area (Å²) in [6.07, 6.45) is 1.48. The number of alkyl halides is 2. The maximum atomic E-state index is 13.5.